The minimum absolute atomic E-state index is 0.324. The summed E-state index contributed by atoms with van der Waals surface area (Å²) in [4.78, 5) is 3.99. The van der Waals surface area contributed by atoms with Gasteiger partial charge in [-0.1, -0.05) is 23.7 Å². The van der Waals surface area contributed by atoms with Crippen molar-refractivity contribution in [3.63, 3.8) is 0 Å². The second-order valence-electron chi connectivity index (χ2n) is 4.02. The number of nitrogen functional groups attached to an aromatic ring is 1. The van der Waals surface area contributed by atoms with Crippen LogP contribution in [0.3, 0.4) is 0 Å². The van der Waals surface area contributed by atoms with Crippen molar-refractivity contribution < 1.29 is 4.39 Å². The molecule has 0 aliphatic heterocycles. The average molecular weight is 266 g/mol. The summed E-state index contributed by atoms with van der Waals surface area (Å²) >= 11 is 5.96. The summed E-state index contributed by atoms with van der Waals surface area (Å²) in [6.07, 6.45) is 2.13. The van der Waals surface area contributed by atoms with E-state index in [9.17, 15) is 4.39 Å². The van der Waals surface area contributed by atoms with Gasteiger partial charge in [0.25, 0.3) is 0 Å². The molecule has 1 atom stereocenters. The molecule has 2 aromatic rings. The summed E-state index contributed by atoms with van der Waals surface area (Å²) in [5.41, 5.74) is 13.4. The van der Waals surface area contributed by atoms with Crippen LogP contribution < -0.4 is 11.5 Å². The van der Waals surface area contributed by atoms with E-state index in [1.807, 2.05) is 6.07 Å². The molecule has 5 heteroatoms. The van der Waals surface area contributed by atoms with Crippen LogP contribution in [0.2, 0.25) is 5.02 Å². The Kier molecular flexibility index (Phi) is 3.79. The molecule has 0 saturated carbocycles. The quantitative estimate of drug-likeness (QED) is 0.897. The number of aromatic nitrogens is 1. The number of hydrogen-bond donors (Lipinski definition) is 2. The van der Waals surface area contributed by atoms with Gasteiger partial charge in [-0.3, -0.25) is 0 Å². The Morgan fingerprint density at radius 3 is 2.78 bits per heavy atom. The van der Waals surface area contributed by atoms with Gasteiger partial charge < -0.3 is 11.5 Å². The SMILES string of the molecule is Nc1ncccc1CC(N)c1ccc(F)cc1Cl. The van der Waals surface area contributed by atoms with E-state index in [0.29, 0.717) is 22.8 Å². The van der Waals surface area contributed by atoms with Crippen molar-refractivity contribution in [2.75, 3.05) is 5.73 Å². The Labute approximate surface area is 110 Å². The highest BCUT2D eigenvalue weighted by molar-refractivity contribution is 6.31. The van der Waals surface area contributed by atoms with E-state index >= 15 is 0 Å². The van der Waals surface area contributed by atoms with E-state index in [2.05, 4.69) is 4.98 Å². The zero-order valence-electron chi connectivity index (χ0n) is 9.61. The molecule has 0 aliphatic rings. The van der Waals surface area contributed by atoms with Crippen LogP contribution in [0.5, 0.6) is 0 Å². The first-order chi connectivity index (χ1) is 8.58. The topological polar surface area (TPSA) is 64.9 Å². The fourth-order valence-electron chi connectivity index (χ4n) is 1.77. The molecule has 2 rings (SSSR count). The lowest BCUT2D eigenvalue weighted by atomic mass is 10.00. The number of rotatable bonds is 3. The molecule has 0 radical (unpaired) electrons. The summed E-state index contributed by atoms with van der Waals surface area (Å²) < 4.78 is 12.9. The average Bonchev–Trinajstić information content (AvgIpc) is 2.32. The molecule has 0 amide bonds. The van der Waals surface area contributed by atoms with Crippen LogP contribution in [0.25, 0.3) is 0 Å². The zero-order valence-corrected chi connectivity index (χ0v) is 10.4. The van der Waals surface area contributed by atoms with Crippen molar-refractivity contribution >= 4 is 17.4 Å². The maximum absolute atomic E-state index is 12.9. The Balaban J connectivity index is 2.22. The van der Waals surface area contributed by atoms with Gasteiger partial charge in [0.2, 0.25) is 0 Å². The molecule has 4 N–H and O–H groups in total. The van der Waals surface area contributed by atoms with Crippen molar-refractivity contribution in [2.24, 2.45) is 5.73 Å². The van der Waals surface area contributed by atoms with Gasteiger partial charge in [-0.15, -0.1) is 0 Å². The highest BCUT2D eigenvalue weighted by Gasteiger charge is 2.13. The molecule has 0 bridgehead atoms. The molecule has 0 spiro atoms. The Hall–Kier alpha value is -1.65. The van der Waals surface area contributed by atoms with E-state index in [4.69, 9.17) is 23.1 Å². The number of nitrogens with zero attached hydrogens (tertiary/aromatic N) is 1. The first-order valence-corrected chi connectivity index (χ1v) is 5.85. The van der Waals surface area contributed by atoms with Crippen molar-refractivity contribution in [1.29, 1.82) is 0 Å². The lowest BCUT2D eigenvalue weighted by Crippen LogP contribution is -2.15. The van der Waals surface area contributed by atoms with Gasteiger partial charge >= 0.3 is 0 Å². The molecule has 0 aliphatic carbocycles. The molecular weight excluding hydrogens is 253 g/mol. The Morgan fingerprint density at radius 2 is 2.11 bits per heavy atom. The third-order valence-corrected chi connectivity index (χ3v) is 3.06. The van der Waals surface area contributed by atoms with Crippen LogP contribution in [-0.2, 0) is 6.42 Å². The molecule has 1 unspecified atom stereocenters. The molecule has 3 nitrogen and oxygen atoms in total. The molecule has 1 aromatic heterocycles. The number of hydrogen-bond acceptors (Lipinski definition) is 3. The monoisotopic (exact) mass is 265 g/mol. The van der Waals surface area contributed by atoms with Crippen molar-refractivity contribution in [1.82, 2.24) is 4.98 Å². The highest BCUT2D eigenvalue weighted by Crippen LogP contribution is 2.25. The first-order valence-electron chi connectivity index (χ1n) is 5.48. The number of pyridine rings is 1. The number of nitrogens with two attached hydrogens (primary N) is 2. The van der Waals surface area contributed by atoms with Gasteiger partial charge in [-0.25, -0.2) is 9.37 Å². The van der Waals surface area contributed by atoms with E-state index in [1.165, 1.54) is 12.1 Å². The summed E-state index contributed by atoms with van der Waals surface area (Å²) in [6, 6.07) is 7.50. The maximum atomic E-state index is 12.9. The van der Waals surface area contributed by atoms with Crippen LogP contribution in [0.15, 0.2) is 36.5 Å². The summed E-state index contributed by atoms with van der Waals surface area (Å²) in [5.74, 6) is 0.0722. The minimum atomic E-state index is -0.378. The number of halogens is 2. The molecule has 1 aromatic carbocycles. The first kappa shape index (κ1) is 12.8. The van der Waals surface area contributed by atoms with Gasteiger partial charge in [0.1, 0.15) is 11.6 Å². The van der Waals surface area contributed by atoms with Crippen molar-refractivity contribution in [3.05, 3.63) is 58.5 Å². The second-order valence-corrected chi connectivity index (χ2v) is 4.43. The highest BCUT2D eigenvalue weighted by atomic mass is 35.5. The summed E-state index contributed by atoms with van der Waals surface area (Å²) in [7, 11) is 0. The smallest absolute Gasteiger partial charge is 0.126 e. The lowest BCUT2D eigenvalue weighted by molar-refractivity contribution is 0.624. The third kappa shape index (κ3) is 2.78. The van der Waals surface area contributed by atoms with Gasteiger partial charge in [0.05, 0.1) is 0 Å². The maximum Gasteiger partial charge on any atom is 0.126 e. The molecule has 94 valence electrons. The Bertz CT molecular complexity index is 560. The van der Waals surface area contributed by atoms with E-state index in [-0.39, 0.29) is 11.9 Å². The molecular formula is C13H13ClFN3. The van der Waals surface area contributed by atoms with Crippen LogP contribution in [-0.4, -0.2) is 4.98 Å². The van der Waals surface area contributed by atoms with E-state index in [0.717, 1.165) is 5.56 Å². The normalized spacial score (nSPS) is 12.4. The number of benzene rings is 1. The van der Waals surface area contributed by atoms with Crippen LogP contribution >= 0.6 is 11.6 Å². The van der Waals surface area contributed by atoms with Crippen LogP contribution in [0, 0.1) is 5.82 Å². The van der Waals surface area contributed by atoms with Crippen molar-refractivity contribution in [3.8, 4) is 0 Å². The predicted octanol–water partition coefficient (Wildman–Crippen LogP) is 2.70. The van der Waals surface area contributed by atoms with Gasteiger partial charge in [-0.05, 0) is 35.7 Å². The standard InChI is InChI=1S/C13H13ClFN3/c14-11-7-9(15)3-4-10(11)12(16)6-8-2-1-5-18-13(8)17/h1-5,7,12H,6,16H2,(H2,17,18). The summed E-state index contributed by atoms with van der Waals surface area (Å²) in [6.45, 7) is 0. The zero-order chi connectivity index (χ0) is 13.1. The molecule has 0 saturated heterocycles. The van der Waals surface area contributed by atoms with Gasteiger partial charge in [-0.2, -0.15) is 0 Å². The minimum Gasteiger partial charge on any atom is -0.383 e. The lowest BCUT2D eigenvalue weighted by Gasteiger charge is -2.14. The van der Waals surface area contributed by atoms with E-state index in [1.54, 1.807) is 18.3 Å². The molecule has 18 heavy (non-hydrogen) atoms. The van der Waals surface area contributed by atoms with Gasteiger partial charge in [0, 0.05) is 17.3 Å². The van der Waals surface area contributed by atoms with Crippen LogP contribution in [0.1, 0.15) is 17.2 Å². The van der Waals surface area contributed by atoms with Crippen molar-refractivity contribution in [2.45, 2.75) is 12.5 Å². The fourth-order valence-corrected chi connectivity index (χ4v) is 2.08. The summed E-state index contributed by atoms with van der Waals surface area (Å²) in [5, 5.41) is 0.324. The third-order valence-electron chi connectivity index (χ3n) is 2.73. The van der Waals surface area contributed by atoms with Gasteiger partial charge in [0.15, 0.2) is 0 Å². The second kappa shape index (κ2) is 5.33. The Morgan fingerprint density at radius 1 is 1.33 bits per heavy atom. The molecule has 0 fully saturated rings. The van der Waals surface area contributed by atoms with Crippen LogP contribution in [0.4, 0.5) is 10.2 Å². The predicted molar refractivity (Wildman–Crippen MR) is 70.7 cm³/mol. The largest absolute Gasteiger partial charge is 0.383 e. The molecule has 1 heterocycles. The van der Waals surface area contributed by atoms with E-state index < -0.39 is 0 Å². The fraction of sp³-hybridized carbons (Fsp3) is 0.154. The number of anilines is 1.